The van der Waals surface area contributed by atoms with Gasteiger partial charge in [-0.25, -0.2) is 4.98 Å². The summed E-state index contributed by atoms with van der Waals surface area (Å²) in [4.78, 5) is 16.6. The van der Waals surface area contributed by atoms with Crippen LogP contribution in [0.2, 0.25) is 0 Å². The minimum atomic E-state index is -0.330. The van der Waals surface area contributed by atoms with Gasteiger partial charge in [0.15, 0.2) is 0 Å². The fourth-order valence-corrected chi connectivity index (χ4v) is 2.45. The number of hydrogen-bond acceptors (Lipinski definition) is 4. The first-order valence-corrected chi connectivity index (χ1v) is 8.36. The van der Waals surface area contributed by atoms with E-state index in [1.807, 2.05) is 12.1 Å². The van der Waals surface area contributed by atoms with Crippen LogP contribution in [0.1, 0.15) is 15.9 Å². The summed E-state index contributed by atoms with van der Waals surface area (Å²) in [6.45, 7) is 0.206. The van der Waals surface area contributed by atoms with Gasteiger partial charge in [0.1, 0.15) is 17.1 Å². The fourth-order valence-electron chi connectivity index (χ4n) is 2.19. The van der Waals surface area contributed by atoms with Crippen LogP contribution >= 0.6 is 15.9 Å². The van der Waals surface area contributed by atoms with E-state index in [1.165, 1.54) is 0 Å². The van der Waals surface area contributed by atoms with Crippen LogP contribution in [-0.2, 0) is 6.54 Å². The van der Waals surface area contributed by atoms with Crippen LogP contribution in [0.25, 0.3) is 0 Å². The predicted molar refractivity (Wildman–Crippen MR) is 97.7 cm³/mol. The van der Waals surface area contributed by atoms with Crippen molar-refractivity contribution in [2.75, 3.05) is 0 Å². The highest BCUT2D eigenvalue weighted by Crippen LogP contribution is 2.24. The van der Waals surface area contributed by atoms with Crippen molar-refractivity contribution in [3.8, 4) is 17.4 Å². The number of rotatable bonds is 5. The number of para-hydroxylation sites is 1. The molecule has 0 unspecified atom stereocenters. The van der Waals surface area contributed by atoms with Crippen LogP contribution in [-0.4, -0.2) is 16.0 Å². The van der Waals surface area contributed by atoms with Gasteiger partial charge in [-0.2, -0.15) is 0 Å². The maximum absolute atomic E-state index is 12.5. The number of phenols is 1. The van der Waals surface area contributed by atoms with E-state index in [4.69, 9.17) is 4.74 Å². The van der Waals surface area contributed by atoms with Crippen molar-refractivity contribution in [1.29, 1.82) is 0 Å². The molecule has 2 N–H and O–H groups in total. The van der Waals surface area contributed by atoms with Crippen molar-refractivity contribution in [3.63, 3.8) is 0 Å². The quantitative estimate of drug-likeness (QED) is 0.672. The first kappa shape index (κ1) is 17.0. The number of hydrogen-bond donors (Lipinski definition) is 2. The SMILES string of the molecule is O=C(NCc1ccccc1O)c1cccnc1Oc1ccc(Br)cc1. The van der Waals surface area contributed by atoms with E-state index in [-0.39, 0.29) is 24.1 Å². The lowest BCUT2D eigenvalue weighted by atomic mass is 10.2. The minimum Gasteiger partial charge on any atom is -0.508 e. The Bertz CT molecular complexity index is 882. The molecule has 0 aliphatic heterocycles. The van der Waals surface area contributed by atoms with Crippen LogP contribution in [0.5, 0.6) is 17.4 Å². The molecule has 0 atom stereocenters. The molecule has 6 heteroatoms. The molecular formula is C19H15BrN2O3. The van der Waals surface area contributed by atoms with Crippen molar-refractivity contribution in [3.05, 3.63) is 82.5 Å². The molecule has 0 radical (unpaired) electrons. The van der Waals surface area contributed by atoms with Gasteiger partial charge in [-0.1, -0.05) is 34.1 Å². The van der Waals surface area contributed by atoms with Gasteiger partial charge in [-0.15, -0.1) is 0 Å². The Morgan fingerprint density at radius 3 is 2.60 bits per heavy atom. The zero-order valence-corrected chi connectivity index (χ0v) is 14.7. The Labute approximate surface area is 153 Å². The molecule has 1 heterocycles. The zero-order chi connectivity index (χ0) is 17.6. The standard InChI is InChI=1S/C19H15BrN2O3/c20-14-7-9-15(10-8-14)25-19-16(5-3-11-21-19)18(24)22-12-13-4-1-2-6-17(13)23/h1-11,23H,12H2,(H,22,24). The lowest BCUT2D eigenvalue weighted by molar-refractivity contribution is 0.0948. The fraction of sp³-hybridized carbons (Fsp3) is 0.0526. The molecule has 1 aromatic heterocycles. The van der Waals surface area contributed by atoms with E-state index in [0.29, 0.717) is 16.9 Å². The van der Waals surface area contributed by atoms with E-state index in [9.17, 15) is 9.90 Å². The first-order chi connectivity index (χ1) is 12.1. The van der Waals surface area contributed by atoms with Crippen molar-refractivity contribution >= 4 is 21.8 Å². The highest BCUT2D eigenvalue weighted by Gasteiger charge is 2.14. The number of nitrogens with zero attached hydrogens (tertiary/aromatic N) is 1. The maximum Gasteiger partial charge on any atom is 0.257 e. The summed E-state index contributed by atoms with van der Waals surface area (Å²) in [5.41, 5.74) is 0.955. The molecule has 2 aromatic carbocycles. The molecule has 0 spiro atoms. The predicted octanol–water partition coefficient (Wildman–Crippen LogP) is 4.27. The van der Waals surface area contributed by atoms with Crippen LogP contribution < -0.4 is 10.1 Å². The average Bonchev–Trinajstić information content (AvgIpc) is 2.63. The van der Waals surface area contributed by atoms with Gasteiger partial charge in [-0.05, 0) is 42.5 Å². The molecule has 0 aliphatic carbocycles. The molecule has 126 valence electrons. The van der Waals surface area contributed by atoms with Crippen LogP contribution in [0.15, 0.2) is 71.3 Å². The van der Waals surface area contributed by atoms with Gasteiger partial charge in [0, 0.05) is 22.8 Å². The highest BCUT2D eigenvalue weighted by molar-refractivity contribution is 9.10. The van der Waals surface area contributed by atoms with Gasteiger partial charge in [-0.3, -0.25) is 4.79 Å². The van der Waals surface area contributed by atoms with Gasteiger partial charge in [0.25, 0.3) is 5.91 Å². The minimum absolute atomic E-state index is 0.139. The number of aromatic hydroxyl groups is 1. The normalized spacial score (nSPS) is 10.3. The number of carbonyl (C=O) groups is 1. The van der Waals surface area contributed by atoms with E-state index >= 15 is 0 Å². The summed E-state index contributed by atoms with van der Waals surface area (Å²) >= 11 is 3.36. The number of benzene rings is 2. The van der Waals surface area contributed by atoms with Crippen molar-refractivity contribution in [2.24, 2.45) is 0 Å². The Balaban J connectivity index is 1.74. The largest absolute Gasteiger partial charge is 0.508 e. The highest BCUT2D eigenvalue weighted by atomic mass is 79.9. The van der Waals surface area contributed by atoms with Crippen LogP contribution in [0.3, 0.4) is 0 Å². The molecule has 3 rings (SSSR count). The maximum atomic E-state index is 12.5. The summed E-state index contributed by atoms with van der Waals surface area (Å²) in [7, 11) is 0. The third-order valence-corrected chi connectivity index (χ3v) is 4.00. The molecule has 0 saturated heterocycles. The van der Waals surface area contributed by atoms with Crippen LogP contribution in [0, 0.1) is 0 Å². The van der Waals surface area contributed by atoms with Gasteiger partial charge >= 0.3 is 0 Å². The third kappa shape index (κ3) is 4.36. The molecule has 0 aliphatic rings. The van der Waals surface area contributed by atoms with E-state index in [1.54, 1.807) is 54.7 Å². The lowest BCUT2D eigenvalue weighted by Gasteiger charge is -2.11. The molecule has 0 saturated carbocycles. The number of pyridine rings is 1. The van der Waals surface area contributed by atoms with Gasteiger partial charge < -0.3 is 15.2 Å². The summed E-state index contributed by atoms with van der Waals surface area (Å²) in [5, 5.41) is 12.5. The Morgan fingerprint density at radius 2 is 1.84 bits per heavy atom. The number of ether oxygens (including phenoxy) is 1. The van der Waals surface area contributed by atoms with Crippen molar-refractivity contribution < 1.29 is 14.6 Å². The molecule has 5 nitrogen and oxygen atoms in total. The number of halogens is 1. The van der Waals surface area contributed by atoms with E-state index < -0.39 is 0 Å². The smallest absolute Gasteiger partial charge is 0.257 e. The number of carbonyl (C=O) groups excluding carboxylic acids is 1. The number of aromatic nitrogens is 1. The molecule has 25 heavy (non-hydrogen) atoms. The number of phenolic OH excluding ortho intramolecular Hbond substituents is 1. The van der Waals surface area contributed by atoms with E-state index in [2.05, 4.69) is 26.2 Å². The second kappa shape index (κ2) is 7.81. The molecule has 1 amide bonds. The average molecular weight is 399 g/mol. The molecule has 3 aromatic rings. The van der Waals surface area contributed by atoms with E-state index in [0.717, 1.165) is 4.47 Å². The topological polar surface area (TPSA) is 71.5 Å². The summed E-state index contributed by atoms with van der Waals surface area (Å²) in [6.07, 6.45) is 1.56. The molecule has 0 bridgehead atoms. The van der Waals surface area contributed by atoms with Crippen LogP contribution in [0.4, 0.5) is 0 Å². The van der Waals surface area contributed by atoms with Gasteiger partial charge in [0.2, 0.25) is 5.88 Å². The monoisotopic (exact) mass is 398 g/mol. The zero-order valence-electron chi connectivity index (χ0n) is 13.1. The number of nitrogens with one attached hydrogen (secondary N) is 1. The first-order valence-electron chi connectivity index (χ1n) is 7.57. The number of amides is 1. The summed E-state index contributed by atoms with van der Waals surface area (Å²) in [6, 6.07) is 17.4. The summed E-state index contributed by atoms with van der Waals surface area (Å²) < 4.78 is 6.65. The summed E-state index contributed by atoms with van der Waals surface area (Å²) in [5.74, 6) is 0.611. The Kier molecular flexibility index (Phi) is 5.30. The van der Waals surface area contributed by atoms with Crippen molar-refractivity contribution in [1.82, 2.24) is 10.3 Å². The molecule has 0 fully saturated rings. The third-order valence-electron chi connectivity index (χ3n) is 3.47. The second-order valence-electron chi connectivity index (χ2n) is 5.22. The molecular weight excluding hydrogens is 384 g/mol. The Morgan fingerprint density at radius 1 is 1.08 bits per heavy atom. The Hall–Kier alpha value is -2.86. The van der Waals surface area contributed by atoms with Crippen molar-refractivity contribution in [2.45, 2.75) is 6.54 Å². The van der Waals surface area contributed by atoms with Gasteiger partial charge in [0.05, 0.1) is 0 Å². The lowest BCUT2D eigenvalue weighted by Crippen LogP contribution is -2.23. The second-order valence-corrected chi connectivity index (χ2v) is 6.14.